The van der Waals surface area contributed by atoms with Crippen LogP contribution in [-0.4, -0.2) is 47.9 Å². The molecule has 3 rings (SSSR count). The van der Waals surface area contributed by atoms with E-state index >= 15 is 0 Å². The van der Waals surface area contributed by atoms with E-state index in [9.17, 15) is 9.59 Å². The molecule has 2 aromatic rings. The summed E-state index contributed by atoms with van der Waals surface area (Å²) in [5.41, 5.74) is 1.93. The lowest BCUT2D eigenvalue weighted by Gasteiger charge is -2.36. The minimum atomic E-state index is -0.146. The molecule has 2 amide bonds. The molecule has 25 heavy (non-hydrogen) atoms. The van der Waals surface area contributed by atoms with Gasteiger partial charge < -0.3 is 15.5 Å². The molecule has 1 aliphatic rings. The van der Waals surface area contributed by atoms with Crippen molar-refractivity contribution < 1.29 is 9.59 Å². The molecule has 0 radical (unpaired) electrons. The van der Waals surface area contributed by atoms with Gasteiger partial charge in [0, 0.05) is 32.0 Å². The molecule has 1 aliphatic heterocycles. The average Bonchev–Trinajstić information content (AvgIpc) is 2.67. The second-order valence-corrected chi connectivity index (χ2v) is 6.03. The SMILES string of the molecule is O=C(Cc1ccccc1)NCC(=O)N1CCNCC1c1cccnc1. The van der Waals surface area contributed by atoms with E-state index in [1.807, 2.05) is 47.4 Å². The molecular weight excluding hydrogens is 316 g/mol. The fraction of sp³-hybridized carbons (Fsp3) is 0.316. The summed E-state index contributed by atoms with van der Waals surface area (Å²) in [4.78, 5) is 30.6. The maximum absolute atomic E-state index is 12.6. The summed E-state index contributed by atoms with van der Waals surface area (Å²) >= 11 is 0. The highest BCUT2D eigenvalue weighted by Crippen LogP contribution is 2.21. The van der Waals surface area contributed by atoms with E-state index in [-0.39, 0.29) is 30.8 Å². The number of benzene rings is 1. The molecule has 0 aliphatic carbocycles. The summed E-state index contributed by atoms with van der Waals surface area (Å²) in [5.74, 6) is -0.218. The number of pyridine rings is 1. The number of nitrogens with one attached hydrogen (secondary N) is 2. The molecule has 0 saturated carbocycles. The first kappa shape index (κ1) is 17.1. The lowest BCUT2D eigenvalue weighted by molar-refractivity contribution is -0.135. The van der Waals surface area contributed by atoms with E-state index in [0.717, 1.165) is 17.7 Å². The Bertz CT molecular complexity index is 706. The summed E-state index contributed by atoms with van der Waals surface area (Å²) in [5, 5.41) is 6.04. The Morgan fingerprint density at radius 2 is 2.04 bits per heavy atom. The van der Waals surface area contributed by atoms with E-state index in [1.165, 1.54) is 0 Å². The number of carbonyl (C=O) groups is 2. The monoisotopic (exact) mass is 338 g/mol. The van der Waals surface area contributed by atoms with Crippen LogP contribution < -0.4 is 10.6 Å². The van der Waals surface area contributed by atoms with Gasteiger partial charge in [-0.2, -0.15) is 0 Å². The molecule has 6 heteroatoms. The second kappa shape index (κ2) is 8.39. The first-order valence-corrected chi connectivity index (χ1v) is 8.45. The van der Waals surface area contributed by atoms with Gasteiger partial charge in [0.25, 0.3) is 0 Å². The Morgan fingerprint density at radius 1 is 1.20 bits per heavy atom. The third-order valence-electron chi connectivity index (χ3n) is 4.28. The van der Waals surface area contributed by atoms with Crippen LogP contribution in [0.3, 0.4) is 0 Å². The number of hydrogen-bond donors (Lipinski definition) is 2. The summed E-state index contributed by atoms with van der Waals surface area (Å²) in [6, 6.07) is 13.3. The summed E-state index contributed by atoms with van der Waals surface area (Å²) < 4.78 is 0. The third kappa shape index (κ3) is 4.64. The first-order valence-electron chi connectivity index (χ1n) is 8.45. The Labute approximate surface area is 147 Å². The quantitative estimate of drug-likeness (QED) is 0.850. The number of carbonyl (C=O) groups excluding carboxylic acids is 2. The van der Waals surface area contributed by atoms with E-state index < -0.39 is 0 Å². The van der Waals surface area contributed by atoms with Crippen LogP contribution >= 0.6 is 0 Å². The molecule has 6 nitrogen and oxygen atoms in total. The first-order chi connectivity index (χ1) is 12.2. The largest absolute Gasteiger partial charge is 0.347 e. The molecule has 1 fully saturated rings. The highest BCUT2D eigenvalue weighted by molar-refractivity contribution is 5.86. The number of nitrogens with zero attached hydrogens (tertiary/aromatic N) is 2. The van der Waals surface area contributed by atoms with Crippen molar-refractivity contribution in [3.8, 4) is 0 Å². The maximum Gasteiger partial charge on any atom is 0.242 e. The Hall–Kier alpha value is -2.73. The molecule has 1 aromatic carbocycles. The average molecular weight is 338 g/mol. The highest BCUT2D eigenvalue weighted by atomic mass is 16.2. The molecule has 1 saturated heterocycles. The molecule has 2 N–H and O–H groups in total. The second-order valence-electron chi connectivity index (χ2n) is 6.03. The Balaban J connectivity index is 1.56. The van der Waals surface area contributed by atoms with Crippen LogP contribution in [0.4, 0.5) is 0 Å². The predicted octanol–water partition coefficient (Wildman–Crippen LogP) is 0.913. The number of piperazine rings is 1. The van der Waals surface area contributed by atoms with Gasteiger partial charge >= 0.3 is 0 Å². The van der Waals surface area contributed by atoms with Crippen LogP contribution in [0.5, 0.6) is 0 Å². The van der Waals surface area contributed by atoms with Crippen molar-refractivity contribution in [1.29, 1.82) is 0 Å². The number of rotatable bonds is 5. The van der Waals surface area contributed by atoms with Crippen LogP contribution in [-0.2, 0) is 16.0 Å². The predicted molar refractivity (Wildman–Crippen MR) is 94.7 cm³/mol. The summed E-state index contributed by atoms with van der Waals surface area (Å²) in [6.07, 6.45) is 3.78. The minimum Gasteiger partial charge on any atom is -0.347 e. The van der Waals surface area contributed by atoms with Gasteiger partial charge in [0.15, 0.2) is 0 Å². The lowest BCUT2D eigenvalue weighted by Crippen LogP contribution is -2.51. The van der Waals surface area contributed by atoms with Gasteiger partial charge in [-0.15, -0.1) is 0 Å². The van der Waals surface area contributed by atoms with Gasteiger partial charge in [-0.25, -0.2) is 0 Å². The van der Waals surface area contributed by atoms with Crippen molar-refractivity contribution in [2.75, 3.05) is 26.2 Å². The zero-order valence-corrected chi connectivity index (χ0v) is 14.0. The van der Waals surface area contributed by atoms with E-state index in [2.05, 4.69) is 15.6 Å². The van der Waals surface area contributed by atoms with Crippen molar-refractivity contribution in [3.63, 3.8) is 0 Å². The van der Waals surface area contributed by atoms with E-state index in [1.54, 1.807) is 12.4 Å². The zero-order valence-electron chi connectivity index (χ0n) is 14.0. The standard InChI is InChI=1S/C19H22N4O2/c24-18(11-15-5-2-1-3-6-15)22-14-19(25)23-10-9-21-13-17(23)16-7-4-8-20-12-16/h1-8,12,17,21H,9-11,13-14H2,(H,22,24). The fourth-order valence-corrected chi connectivity index (χ4v) is 2.99. The summed E-state index contributed by atoms with van der Waals surface area (Å²) in [7, 11) is 0. The Morgan fingerprint density at radius 3 is 2.80 bits per heavy atom. The molecule has 2 heterocycles. The minimum absolute atomic E-state index is 0.0163. The topological polar surface area (TPSA) is 74.3 Å². The van der Waals surface area contributed by atoms with Crippen LogP contribution in [0.2, 0.25) is 0 Å². The van der Waals surface area contributed by atoms with Crippen molar-refractivity contribution in [2.45, 2.75) is 12.5 Å². The normalized spacial score (nSPS) is 17.1. The van der Waals surface area contributed by atoms with Gasteiger partial charge in [-0.3, -0.25) is 14.6 Å². The van der Waals surface area contributed by atoms with E-state index in [0.29, 0.717) is 13.1 Å². The lowest BCUT2D eigenvalue weighted by atomic mass is 10.1. The fourth-order valence-electron chi connectivity index (χ4n) is 2.99. The molecule has 0 bridgehead atoms. The van der Waals surface area contributed by atoms with Gasteiger partial charge in [0.1, 0.15) is 0 Å². The van der Waals surface area contributed by atoms with Crippen molar-refractivity contribution in [2.24, 2.45) is 0 Å². The third-order valence-corrected chi connectivity index (χ3v) is 4.28. The van der Waals surface area contributed by atoms with Gasteiger partial charge in [0.2, 0.25) is 11.8 Å². The van der Waals surface area contributed by atoms with Gasteiger partial charge in [-0.1, -0.05) is 36.4 Å². The number of amides is 2. The molecular formula is C19H22N4O2. The highest BCUT2D eigenvalue weighted by Gasteiger charge is 2.27. The number of aromatic nitrogens is 1. The van der Waals surface area contributed by atoms with Crippen LogP contribution in [0.1, 0.15) is 17.2 Å². The maximum atomic E-state index is 12.6. The Kier molecular flexibility index (Phi) is 5.74. The van der Waals surface area contributed by atoms with Crippen LogP contribution in [0, 0.1) is 0 Å². The van der Waals surface area contributed by atoms with Crippen LogP contribution in [0.15, 0.2) is 54.9 Å². The van der Waals surface area contributed by atoms with Crippen LogP contribution in [0.25, 0.3) is 0 Å². The van der Waals surface area contributed by atoms with Gasteiger partial charge in [0.05, 0.1) is 19.0 Å². The van der Waals surface area contributed by atoms with Crippen molar-refractivity contribution >= 4 is 11.8 Å². The smallest absolute Gasteiger partial charge is 0.242 e. The molecule has 130 valence electrons. The van der Waals surface area contributed by atoms with E-state index in [4.69, 9.17) is 0 Å². The van der Waals surface area contributed by atoms with Gasteiger partial charge in [-0.05, 0) is 17.2 Å². The molecule has 0 spiro atoms. The van der Waals surface area contributed by atoms with Crippen molar-refractivity contribution in [3.05, 3.63) is 66.0 Å². The zero-order chi connectivity index (χ0) is 17.5. The molecule has 1 unspecified atom stereocenters. The molecule has 1 aromatic heterocycles. The van der Waals surface area contributed by atoms with Crippen molar-refractivity contribution in [1.82, 2.24) is 20.5 Å². The molecule has 1 atom stereocenters. The summed E-state index contributed by atoms with van der Waals surface area (Å²) in [6.45, 7) is 2.07. The number of hydrogen-bond acceptors (Lipinski definition) is 4.